The zero-order valence-corrected chi connectivity index (χ0v) is 7.55. The van der Waals surface area contributed by atoms with Gasteiger partial charge in [0.15, 0.2) is 0 Å². The van der Waals surface area contributed by atoms with Crippen LogP contribution in [0.2, 0.25) is 12.1 Å². The summed E-state index contributed by atoms with van der Waals surface area (Å²) in [6.45, 7) is 0. The van der Waals surface area contributed by atoms with Crippen molar-refractivity contribution in [2.24, 2.45) is 0 Å². The maximum atomic E-state index is 3.62. The van der Waals surface area contributed by atoms with Gasteiger partial charge < -0.3 is 0 Å². The smallest absolute Gasteiger partial charge is 0.111 e. The molecule has 0 radical (unpaired) electrons. The van der Waals surface area contributed by atoms with Crippen LogP contribution in [0.1, 0.15) is 6.42 Å². The Morgan fingerprint density at radius 3 is 1.50 bits per heavy atom. The van der Waals surface area contributed by atoms with Crippen molar-refractivity contribution in [2.75, 3.05) is 0 Å². The predicted molar refractivity (Wildman–Crippen MR) is 37.8 cm³/mol. The third kappa shape index (κ3) is 1.07. The highest BCUT2D eigenvalue weighted by Crippen LogP contribution is 2.42. The summed E-state index contributed by atoms with van der Waals surface area (Å²) in [4.78, 5) is 0. The number of hydrogen-bond donors (Lipinski definition) is 0. The number of hydrogen-bond acceptors (Lipinski definition) is 0. The molecule has 0 saturated carbocycles. The molecule has 0 amide bonds. The van der Waals surface area contributed by atoms with Gasteiger partial charge in [0.1, 0.15) is 0 Å². The van der Waals surface area contributed by atoms with Gasteiger partial charge in [0.2, 0.25) is 5.31 Å². The van der Waals surface area contributed by atoms with E-state index in [2.05, 4.69) is 30.6 Å². The lowest BCUT2D eigenvalue weighted by Crippen LogP contribution is -2.25. The van der Waals surface area contributed by atoms with Crippen molar-refractivity contribution in [3.05, 3.63) is 0 Å². The summed E-state index contributed by atoms with van der Waals surface area (Å²) >= 11 is 7.24. The lowest BCUT2D eigenvalue weighted by atomic mass is 10.5. The molecule has 0 spiro atoms. The monoisotopic (exact) mass is 228 g/mol. The molecular weight excluding hydrogens is 224 g/mol. The highest BCUT2D eigenvalue weighted by molar-refractivity contribution is 9.51. The average molecular weight is 230 g/mol. The SMILES string of the molecule is Br[Si]1(Br)CCC1. The molecule has 0 aromatic carbocycles. The largest absolute Gasteiger partial charge is 0.201 e. The van der Waals surface area contributed by atoms with Crippen LogP contribution in [0.4, 0.5) is 0 Å². The topological polar surface area (TPSA) is 0 Å². The molecule has 0 N–H and O–H groups in total. The Kier molecular flexibility index (Phi) is 1.42. The van der Waals surface area contributed by atoms with Gasteiger partial charge in [0, 0.05) is 0 Å². The summed E-state index contributed by atoms with van der Waals surface area (Å²) in [5, 5.41) is -0.826. The molecule has 1 aliphatic rings. The molecule has 0 unspecified atom stereocenters. The van der Waals surface area contributed by atoms with Gasteiger partial charge in [0.25, 0.3) is 0 Å². The molecule has 0 nitrogen and oxygen atoms in total. The summed E-state index contributed by atoms with van der Waals surface area (Å²) in [7, 11) is 0. The van der Waals surface area contributed by atoms with Gasteiger partial charge in [0.05, 0.1) is 0 Å². The van der Waals surface area contributed by atoms with Gasteiger partial charge >= 0.3 is 0 Å². The fourth-order valence-corrected chi connectivity index (χ4v) is 4.70. The second kappa shape index (κ2) is 1.60. The van der Waals surface area contributed by atoms with E-state index in [9.17, 15) is 0 Å². The van der Waals surface area contributed by atoms with Gasteiger partial charge in [-0.1, -0.05) is 6.42 Å². The van der Waals surface area contributed by atoms with Crippen molar-refractivity contribution in [1.82, 2.24) is 0 Å². The van der Waals surface area contributed by atoms with E-state index in [4.69, 9.17) is 0 Å². The van der Waals surface area contributed by atoms with Crippen molar-refractivity contribution in [3.8, 4) is 0 Å². The van der Waals surface area contributed by atoms with Gasteiger partial charge in [-0.25, -0.2) is 0 Å². The molecule has 36 valence electrons. The van der Waals surface area contributed by atoms with E-state index in [0.717, 1.165) is 0 Å². The standard InChI is InChI=1S/C3H6Br2Si/c4-6(5)2-1-3-6/h1-3H2. The van der Waals surface area contributed by atoms with E-state index in [1.807, 2.05) is 0 Å². The molecule has 0 aromatic rings. The van der Waals surface area contributed by atoms with Gasteiger partial charge in [-0.2, -0.15) is 0 Å². The minimum absolute atomic E-state index is 0.826. The molecule has 1 heterocycles. The first-order valence-corrected chi connectivity index (χ1v) is 9.01. The molecule has 0 aromatic heterocycles. The van der Waals surface area contributed by atoms with E-state index in [1.165, 1.54) is 18.5 Å². The fraction of sp³-hybridized carbons (Fsp3) is 1.00. The fourth-order valence-electron chi connectivity index (χ4n) is 0.444. The molecule has 0 bridgehead atoms. The predicted octanol–water partition coefficient (Wildman–Crippen LogP) is 2.62. The van der Waals surface area contributed by atoms with Crippen LogP contribution in [0.25, 0.3) is 0 Å². The molecule has 3 heteroatoms. The quantitative estimate of drug-likeness (QED) is 0.443. The minimum atomic E-state index is -0.826. The Labute approximate surface area is 54.5 Å². The molecule has 1 saturated heterocycles. The Bertz CT molecular complexity index is 55.8. The second-order valence-corrected chi connectivity index (χ2v) is 16.7. The zero-order valence-electron chi connectivity index (χ0n) is 3.38. The number of rotatable bonds is 0. The van der Waals surface area contributed by atoms with Crippen LogP contribution in [0.3, 0.4) is 0 Å². The summed E-state index contributed by atoms with van der Waals surface area (Å²) in [6.07, 6.45) is 1.43. The minimum Gasteiger partial charge on any atom is -0.111 e. The second-order valence-electron chi connectivity index (χ2n) is 1.71. The van der Waals surface area contributed by atoms with Crippen LogP contribution < -0.4 is 0 Å². The Balaban J connectivity index is 2.31. The highest BCUT2D eigenvalue weighted by atomic mass is 79.9. The molecule has 0 aliphatic carbocycles. The normalized spacial score (nSPS) is 29.0. The summed E-state index contributed by atoms with van der Waals surface area (Å²) in [5.74, 6) is 0. The van der Waals surface area contributed by atoms with Crippen molar-refractivity contribution < 1.29 is 0 Å². The van der Waals surface area contributed by atoms with Crippen molar-refractivity contribution in [2.45, 2.75) is 18.5 Å². The van der Waals surface area contributed by atoms with Gasteiger partial charge in [-0.05, 0) is 12.1 Å². The van der Waals surface area contributed by atoms with E-state index < -0.39 is 5.31 Å². The maximum Gasteiger partial charge on any atom is 0.201 e. The first-order chi connectivity index (χ1) is 2.71. The molecule has 1 rings (SSSR count). The first kappa shape index (κ1) is 5.32. The third-order valence-corrected chi connectivity index (χ3v) is 8.01. The lowest BCUT2D eigenvalue weighted by Gasteiger charge is -2.26. The van der Waals surface area contributed by atoms with Crippen LogP contribution >= 0.6 is 30.6 Å². The van der Waals surface area contributed by atoms with E-state index in [1.54, 1.807) is 0 Å². The first-order valence-electron chi connectivity index (χ1n) is 2.09. The van der Waals surface area contributed by atoms with Crippen molar-refractivity contribution in [1.29, 1.82) is 0 Å². The van der Waals surface area contributed by atoms with E-state index >= 15 is 0 Å². The highest BCUT2D eigenvalue weighted by Gasteiger charge is 2.33. The molecule has 0 atom stereocenters. The van der Waals surface area contributed by atoms with Crippen LogP contribution in [0, 0.1) is 0 Å². The summed E-state index contributed by atoms with van der Waals surface area (Å²) in [5.41, 5.74) is 0. The van der Waals surface area contributed by atoms with Crippen LogP contribution in [0.5, 0.6) is 0 Å². The van der Waals surface area contributed by atoms with Gasteiger partial charge in [-0.3, -0.25) is 0 Å². The third-order valence-electron chi connectivity index (χ3n) is 1.09. The maximum absolute atomic E-state index is 3.62. The summed E-state index contributed by atoms with van der Waals surface area (Å²) < 4.78 is 0. The average Bonchev–Trinajstić information content (AvgIpc) is 1.32. The molecule has 1 aliphatic heterocycles. The number of halogens is 2. The van der Waals surface area contributed by atoms with Crippen molar-refractivity contribution in [3.63, 3.8) is 0 Å². The van der Waals surface area contributed by atoms with E-state index in [-0.39, 0.29) is 0 Å². The Morgan fingerprint density at radius 1 is 1.17 bits per heavy atom. The summed E-state index contributed by atoms with van der Waals surface area (Å²) in [6, 6.07) is 2.85. The molecular formula is C3H6Br2Si. The van der Waals surface area contributed by atoms with Crippen LogP contribution in [0.15, 0.2) is 0 Å². The Morgan fingerprint density at radius 2 is 1.50 bits per heavy atom. The lowest BCUT2D eigenvalue weighted by molar-refractivity contribution is 0.959. The van der Waals surface area contributed by atoms with Crippen LogP contribution in [-0.4, -0.2) is 5.31 Å². The zero-order chi connectivity index (χ0) is 4.62. The Hall–Kier alpha value is 1.18. The van der Waals surface area contributed by atoms with Crippen LogP contribution in [-0.2, 0) is 0 Å². The van der Waals surface area contributed by atoms with Crippen molar-refractivity contribution >= 4 is 35.9 Å². The molecule has 1 fully saturated rings. The van der Waals surface area contributed by atoms with Gasteiger partial charge in [-0.15, -0.1) is 30.6 Å². The van der Waals surface area contributed by atoms with E-state index in [0.29, 0.717) is 0 Å². The molecule has 6 heavy (non-hydrogen) atoms.